The minimum atomic E-state index is -3.78. The Morgan fingerprint density at radius 3 is 2.57 bits per heavy atom. The average molecular weight is 356 g/mol. The maximum atomic E-state index is 13.5. The molecular formula is C15H17FN2O3S2. The zero-order valence-corrected chi connectivity index (χ0v) is 14.3. The molecule has 1 aromatic heterocycles. The quantitative estimate of drug-likeness (QED) is 0.836. The molecule has 0 spiro atoms. The van der Waals surface area contributed by atoms with Crippen molar-refractivity contribution in [3.8, 4) is 0 Å². The fourth-order valence-corrected chi connectivity index (χ4v) is 4.36. The third kappa shape index (κ3) is 4.37. The van der Waals surface area contributed by atoms with Crippen LogP contribution in [0.15, 0.2) is 40.6 Å². The monoisotopic (exact) mass is 356 g/mol. The van der Waals surface area contributed by atoms with Crippen molar-refractivity contribution in [2.45, 2.75) is 30.5 Å². The molecule has 5 nitrogen and oxygen atoms in total. The first-order valence-electron chi connectivity index (χ1n) is 7.00. The number of para-hydroxylation sites is 1. The Balaban J connectivity index is 2.07. The number of hydrogen-bond donors (Lipinski definition) is 2. The van der Waals surface area contributed by atoms with E-state index >= 15 is 0 Å². The average Bonchev–Trinajstić information content (AvgIpc) is 2.99. The van der Waals surface area contributed by atoms with Crippen LogP contribution in [0, 0.1) is 5.82 Å². The highest BCUT2D eigenvalue weighted by Crippen LogP contribution is 2.22. The highest BCUT2D eigenvalue weighted by molar-refractivity contribution is 7.91. The van der Waals surface area contributed by atoms with E-state index in [1.54, 1.807) is 12.1 Å². The van der Waals surface area contributed by atoms with Gasteiger partial charge < -0.3 is 5.32 Å². The second-order valence-corrected chi connectivity index (χ2v) is 8.00. The van der Waals surface area contributed by atoms with E-state index in [-0.39, 0.29) is 9.90 Å². The molecule has 124 valence electrons. The minimum absolute atomic E-state index is 0.00735. The van der Waals surface area contributed by atoms with E-state index in [4.69, 9.17) is 0 Å². The highest BCUT2D eigenvalue weighted by Gasteiger charge is 2.23. The molecule has 0 saturated heterocycles. The number of hydrogen-bond acceptors (Lipinski definition) is 4. The van der Waals surface area contributed by atoms with Crippen LogP contribution in [0.3, 0.4) is 0 Å². The number of nitrogens with one attached hydrogen (secondary N) is 2. The molecule has 0 aliphatic carbocycles. The maximum Gasteiger partial charge on any atom is 0.250 e. The fraction of sp³-hybridized carbons (Fsp3) is 0.267. The molecule has 0 radical (unpaired) electrons. The van der Waals surface area contributed by atoms with Crippen molar-refractivity contribution in [2.75, 3.05) is 5.32 Å². The van der Waals surface area contributed by atoms with Crippen molar-refractivity contribution in [1.82, 2.24) is 4.72 Å². The Bertz CT molecular complexity index is 803. The van der Waals surface area contributed by atoms with Gasteiger partial charge in [0.25, 0.3) is 10.0 Å². The van der Waals surface area contributed by atoms with Crippen molar-refractivity contribution in [2.24, 2.45) is 0 Å². The third-order valence-electron chi connectivity index (χ3n) is 3.11. The zero-order valence-electron chi connectivity index (χ0n) is 12.7. The normalized spacial score (nSPS) is 12.8. The topological polar surface area (TPSA) is 75.3 Å². The molecule has 2 aromatic rings. The lowest BCUT2D eigenvalue weighted by atomic mass is 10.2. The van der Waals surface area contributed by atoms with Gasteiger partial charge in [-0.15, -0.1) is 11.3 Å². The molecule has 8 heteroatoms. The van der Waals surface area contributed by atoms with Crippen LogP contribution in [0.1, 0.15) is 18.7 Å². The van der Waals surface area contributed by atoms with Crippen LogP contribution >= 0.6 is 11.3 Å². The van der Waals surface area contributed by atoms with Gasteiger partial charge in [0, 0.05) is 4.88 Å². The fourth-order valence-electron chi connectivity index (χ4n) is 1.84. The lowest BCUT2D eigenvalue weighted by Crippen LogP contribution is -2.41. The van der Waals surface area contributed by atoms with Gasteiger partial charge in [-0.3, -0.25) is 4.79 Å². The molecular weight excluding hydrogens is 339 g/mol. The summed E-state index contributed by atoms with van der Waals surface area (Å²) in [5, 5.41) is 2.36. The van der Waals surface area contributed by atoms with Gasteiger partial charge >= 0.3 is 0 Å². The van der Waals surface area contributed by atoms with Crippen molar-refractivity contribution < 1.29 is 17.6 Å². The molecule has 0 fully saturated rings. The summed E-state index contributed by atoms with van der Waals surface area (Å²) in [6, 6.07) is 7.90. The van der Waals surface area contributed by atoms with E-state index in [1.165, 1.54) is 31.2 Å². The first kappa shape index (κ1) is 17.6. The molecule has 1 heterocycles. The van der Waals surface area contributed by atoms with Crippen LogP contribution in [0.5, 0.6) is 0 Å². The molecule has 1 aromatic carbocycles. The Morgan fingerprint density at radius 1 is 1.26 bits per heavy atom. The highest BCUT2D eigenvalue weighted by atomic mass is 32.2. The predicted octanol–water partition coefficient (Wildman–Crippen LogP) is 2.76. The van der Waals surface area contributed by atoms with Crippen molar-refractivity contribution in [3.05, 3.63) is 47.1 Å². The molecule has 1 amide bonds. The van der Waals surface area contributed by atoms with Crippen LogP contribution in [0.4, 0.5) is 10.1 Å². The Morgan fingerprint density at radius 2 is 1.96 bits per heavy atom. The van der Waals surface area contributed by atoms with Crippen molar-refractivity contribution in [3.63, 3.8) is 0 Å². The SMILES string of the molecule is CCc1ccc(S(=O)(=O)NC(C)C(=O)Nc2ccccc2F)s1. The lowest BCUT2D eigenvalue weighted by Gasteiger charge is -2.14. The number of thiophene rings is 1. The first-order chi connectivity index (χ1) is 10.8. The van der Waals surface area contributed by atoms with Crippen molar-refractivity contribution >= 4 is 33.0 Å². The molecule has 1 atom stereocenters. The van der Waals surface area contributed by atoms with Crippen LogP contribution in [-0.4, -0.2) is 20.4 Å². The summed E-state index contributed by atoms with van der Waals surface area (Å²) >= 11 is 1.16. The second kappa shape index (κ2) is 7.20. The van der Waals surface area contributed by atoms with Crippen LogP contribution in [0.2, 0.25) is 0 Å². The van der Waals surface area contributed by atoms with E-state index in [0.717, 1.165) is 22.6 Å². The van der Waals surface area contributed by atoms with Gasteiger partial charge in [-0.25, -0.2) is 12.8 Å². The molecule has 23 heavy (non-hydrogen) atoms. The molecule has 0 bridgehead atoms. The summed E-state index contributed by atoms with van der Waals surface area (Å²) in [6.07, 6.45) is 0.740. The predicted molar refractivity (Wildman–Crippen MR) is 88.5 cm³/mol. The molecule has 0 aliphatic heterocycles. The summed E-state index contributed by atoms with van der Waals surface area (Å²) in [4.78, 5) is 13.0. The van der Waals surface area contributed by atoms with Gasteiger partial charge in [-0.05, 0) is 37.6 Å². The Kier molecular flexibility index (Phi) is 5.51. The van der Waals surface area contributed by atoms with Crippen LogP contribution in [-0.2, 0) is 21.2 Å². The largest absolute Gasteiger partial charge is 0.322 e. The standard InChI is InChI=1S/C15H17FN2O3S2/c1-3-11-8-9-14(22-11)23(20,21)18-10(2)15(19)17-13-7-5-4-6-12(13)16/h4-10,18H,3H2,1-2H3,(H,17,19). The van der Waals surface area contributed by atoms with Gasteiger partial charge in [0.05, 0.1) is 11.7 Å². The molecule has 0 saturated carbocycles. The Labute approximate surface area is 138 Å². The molecule has 1 unspecified atom stereocenters. The third-order valence-corrected chi connectivity index (χ3v) is 6.37. The number of anilines is 1. The Hall–Kier alpha value is -1.77. The number of carbonyl (C=O) groups excluding carboxylic acids is 1. The summed E-state index contributed by atoms with van der Waals surface area (Å²) in [6.45, 7) is 3.34. The lowest BCUT2D eigenvalue weighted by molar-refractivity contribution is -0.117. The minimum Gasteiger partial charge on any atom is -0.322 e. The zero-order chi connectivity index (χ0) is 17.0. The van der Waals surface area contributed by atoms with Gasteiger partial charge in [-0.1, -0.05) is 19.1 Å². The van der Waals surface area contributed by atoms with E-state index in [1.807, 2.05) is 6.92 Å². The second-order valence-electron chi connectivity index (χ2n) is 4.89. The van der Waals surface area contributed by atoms with E-state index in [9.17, 15) is 17.6 Å². The number of amides is 1. The van der Waals surface area contributed by atoms with E-state index < -0.39 is 27.8 Å². The van der Waals surface area contributed by atoms with Gasteiger partial charge in [-0.2, -0.15) is 4.72 Å². The van der Waals surface area contributed by atoms with E-state index in [0.29, 0.717) is 0 Å². The summed E-state index contributed by atoms with van der Waals surface area (Å²) in [5.41, 5.74) is 0.00735. The first-order valence-corrected chi connectivity index (χ1v) is 9.30. The number of halogens is 1. The number of carbonyl (C=O) groups is 1. The summed E-state index contributed by atoms with van der Waals surface area (Å²) in [7, 11) is -3.78. The van der Waals surface area contributed by atoms with Gasteiger partial charge in [0.2, 0.25) is 5.91 Å². The number of rotatable bonds is 6. The van der Waals surface area contributed by atoms with Crippen molar-refractivity contribution in [1.29, 1.82) is 0 Å². The number of sulfonamides is 1. The smallest absolute Gasteiger partial charge is 0.250 e. The van der Waals surface area contributed by atoms with Crippen LogP contribution in [0.25, 0.3) is 0 Å². The van der Waals surface area contributed by atoms with E-state index in [2.05, 4.69) is 10.0 Å². The molecule has 2 N–H and O–H groups in total. The molecule has 2 rings (SSSR count). The summed E-state index contributed by atoms with van der Waals surface area (Å²) in [5.74, 6) is -1.22. The summed E-state index contributed by atoms with van der Waals surface area (Å²) < 4.78 is 40.4. The number of benzene rings is 1. The van der Waals surface area contributed by atoms with Gasteiger partial charge in [0.15, 0.2) is 0 Å². The van der Waals surface area contributed by atoms with Crippen LogP contribution < -0.4 is 10.0 Å². The number of aryl methyl sites for hydroxylation is 1. The maximum absolute atomic E-state index is 13.5. The van der Waals surface area contributed by atoms with Gasteiger partial charge in [0.1, 0.15) is 10.0 Å². The molecule has 0 aliphatic rings.